The predicted molar refractivity (Wildman–Crippen MR) is 222 cm³/mol. The van der Waals surface area contributed by atoms with E-state index in [9.17, 15) is 19.0 Å². The van der Waals surface area contributed by atoms with Crippen molar-refractivity contribution >= 4 is 19.8 Å². The summed E-state index contributed by atoms with van der Waals surface area (Å²) in [7, 11) is -4.61. The van der Waals surface area contributed by atoms with Gasteiger partial charge in [-0.05, 0) is 44.9 Å². The Bertz CT molecular complexity index is 961. The minimum absolute atomic E-state index is 0.0153. The first-order valence-electron chi connectivity index (χ1n) is 21.9. The van der Waals surface area contributed by atoms with Gasteiger partial charge in [-0.25, -0.2) is 4.57 Å². The van der Waals surface area contributed by atoms with Gasteiger partial charge in [0.1, 0.15) is 12.1 Å². The topological polar surface area (TPSA) is 155 Å². The number of phosphoric ester groups is 1. The van der Waals surface area contributed by atoms with Gasteiger partial charge in [0.05, 0.1) is 19.8 Å². The van der Waals surface area contributed by atoms with Crippen molar-refractivity contribution in [2.24, 2.45) is 5.73 Å². The maximum atomic E-state index is 12.6. The molecule has 0 spiro atoms. The molecule has 0 aliphatic rings. The Morgan fingerprint density at radius 3 is 1.54 bits per heavy atom. The van der Waals surface area contributed by atoms with Gasteiger partial charge in [-0.3, -0.25) is 18.6 Å². The van der Waals surface area contributed by atoms with Crippen LogP contribution in [0.1, 0.15) is 200 Å². The fraction of sp³-hybridized carbons (Fsp3) is 0.860. The number of hydrogen-bond donors (Lipinski definition) is 3. The highest BCUT2D eigenvalue weighted by Gasteiger charge is 2.27. The fourth-order valence-electron chi connectivity index (χ4n) is 6.05. The molecule has 0 amide bonds. The first-order valence-corrected chi connectivity index (χ1v) is 23.4. The lowest BCUT2D eigenvalue weighted by Crippen LogP contribution is -2.34. The van der Waals surface area contributed by atoms with Gasteiger partial charge in [0.25, 0.3) is 0 Å². The molecular formula is C43H82NO9P. The Balaban J connectivity index is 4.23. The molecule has 0 heterocycles. The van der Waals surface area contributed by atoms with Crippen LogP contribution in [0, 0.1) is 0 Å². The molecule has 0 aromatic rings. The molecule has 318 valence electrons. The zero-order valence-corrected chi connectivity index (χ0v) is 35.5. The lowest BCUT2D eigenvalue weighted by atomic mass is 10.0. The molecule has 3 unspecified atom stereocenters. The lowest BCUT2D eigenvalue weighted by Gasteiger charge is -2.20. The second-order valence-electron chi connectivity index (χ2n) is 14.8. The SMILES string of the molecule is CCCCC/C=C\C/C=C\CCCCCCCC(=O)OC(COCCCCCCCCCCCCCCCCCCC)COP(=O)(O)OCC(N)C(=O)O. The van der Waals surface area contributed by atoms with Crippen LogP contribution in [0.4, 0.5) is 0 Å². The number of carbonyl (C=O) groups excluding carboxylic acids is 1. The molecule has 10 nitrogen and oxygen atoms in total. The van der Waals surface area contributed by atoms with Crippen LogP contribution in [0.25, 0.3) is 0 Å². The maximum Gasteiger partial charge on any atom is 0.472 e. The van der Waals surface area contributed by atoms with E-state index in [1.165, 1.54) is 116 Å². The highest BCUT2D eigenvalue weighted by Crippen LogP contribution is 2.43. The first-order chi connectivity index (χ1) is 26.2. The molecule has 0 aliphatic heterocycles. The number of ether oxygens (including phenoxy) is 2. The molecule has 0 rings (SSSR count). The number of unbranched alkanes of at least 4 members (excludes halogenated alkanes) is 24. The number of carboxylic acids is 1. The lowest BCUT2D eigenvalue weighted by molar-refractivity contribution is -0.154. The van der Waals surface area contributed by atoms with E-state index in [1.807, 2.05) is 0 Å². The van der Waals surface area contributed by atoms with E-state index in [2.05, 4.69) is 38.2 Å². The van der Waals surface area contributed by atoms with Crippen molar-refractivity contribution < 1.29 is 42.7 Å². The number of phosphoric acid groups is 1. The normalized spacial score (nSPS) is 14.1. The molecule has 4 N–H and O–H groups in total. The van der Waals surface area contributed by atoms with Crippen LogP contribution in [0.15, 0.2) is 24.3 Å². The zero-order chi connectivity index (χ0) is 39.8. The Morgan fingerprint density at radius 2 is 1.02 bits per heavy atom. The van der Waals surface area contributed by atoms with Gasteiger partial charge in [0, 0.05) is 13.0 Å². The Morgan fingerprint density at radius 1 is 0.593 bits per heavy atom. The van der Waals surface area contributed by atoms with Crippen molar-refractivity contribution in [3.8, 4) is 0 Å². The van der Waals surface area contributed by atoms with Crippen molar-refractivity contribution in [3.05, 3.63) is 24.3 Å². The van der Waals surface area contributed by atoms with Gasteiger partial charge in [-0.2, -0.15) is 0 Å². The molecule has 11 heteroatoms. The average Bonchev–Trinajstić information content (AvgIpc) is 3.15. The second kappa shape index (κ2) is 39.7. The molecule has 0 aromatic heterocycles. The number of carboxylic acid groups (broad SMARTS) is 1. The second-order valence-corrected chi connectivity index (χ2v) is 16.3. The smallest absolute Gasteiger partial charge is 0.472 e. The standard InChI is InChI=1S/C43H82NO9P/c1-3-5-7-9-11-13-15-17-19-20-22-24-26-28-30-32-34-36-50-37-40(38-51-54(48,49)52-39-41(44)43(46)47)53-42(45)35-33-31-29-27-25-23-21-18-16-14-12-10-8-6-4-2/h12,14,18,21,40-41H,3-11,13,15-17,19-20,22-39,44H2,1-2H3,(H,46,47)(H,48,49)/b14-12-,21-18-. The van der Waals surface area contributed by atoms with E-state index >= 15 is 0 Å². The molecule has 54 heavy (non-hydrogen) atoms. The minimum Gasteiger partial charge on any atom is -0.480 e. The number of hydrogen-bond acceptors (Lipinski definition) is 8. The van der Waals surface area contributed by atoms with Crippen LogP contribution in [0.2, 0.25) is 0 Å². The summed E-state index contributed by atoms with van der Waals surface area (Å²) in [4.78, 5) is 33.5. The van der Waals surface area contributed by atoms with E-state index in [1.54, 1.807) is 0 Å². The molecule has 0 fully saturated rings. The van der Waals surface area contributed by atoms with Crippen molar-refractivity contribution in [2.45, 2.75) is 212 Å². The van der Waals surface area contributed by atoms with Crippen molar-refractivity contribution in [1.29, 1.82) is 0 Å². The van der Waals surface area contributed by atoms with Crippen molar-refractivity contribution in [3.63, 3.8) is 0 Å². The number of aliphatic carboxylic acids is 1. The van der Waals surface area contributed by atoms with Crippen LogP contribution in [-0.4, -0.2) is 60.5 Å². The number of nitrogens with two attached hydrogens (primary N) is 1. The van der Waals surface area contributed by atoms with Crippen LogP contribution in [-0.2, 0) is 32.7 Å². The number of allylic oxidation sites excluding steroid dienone is 4. The fourth-order valence-corrected chi connectivity index (χ4v) is 6.82. The van der Waals surface area contributed by atoms with Crippen LogP contribution in [0.5, 0.6) is 0 Å². The summed E-state index contributed by atoms with van der Waals surface area (Å²) in [6, 6.07) is -1.47. The largest absolute Gasteiger partial charge is 0.480 e. The summed E-state index contributed by atoms with van der Waals surface area (Å²) in [5.41, 5.74) is 5.35. The van der Waals surface area contributed by atoms with Gasteiger partial charge in [-0.15, -0.1) is 0 Å². The van der Waals surface area contributed by atoms with E-state index in [0.717, 1.165) is 57.8 Å². The maximum absolute atomic E-state index is 12.6. The molecule has 0 aliphatic carbocycles. The molecule has 3 atom stereocenters. The Labute approximate surface area is 330 Å². The third kappa shape index (κ3) is 38.7. The quantitative estimate of drug-likeness (QED) is 0.0236. The monoisotopic (exact) mass is 788 g/mol. The average molecular weight is 788 g/mol. The summed E-state index contributed by atoms with van der Waals surface area (Å²) < 4.78 is 33.3. The zero-order valence-electron chi connectivity index (χ0n) is 34.6. The predicted octanol–water partition coefficient (Wildman–Crippen LogP) is 11.9. The summed E-state index contributed by atoms with van der Waals surface area (Å²) in [6.45, 7) is 3.86. The number of rotatable bonds is 42. The molecular weight excluding hydrogens is 705 g/mol. The van der Waals surface area contributed by atoms with E-state index in [0.29, 0.717) is 13.0 Å². The highest BCUT2D eigenvalue weighted by atomic mass is 31.2. The van der Waals surface area contributed by atoms with Gasteiger partial charge in [0.15, 0.2) is 0 Å². The van der Waals surface area contributed by atoms with Crippen molar-refractivity contribution in [2.75, 3.05) is 26.4 Å². The van der Waals surface area contributed by atoms with Gasteiger partial charge in [0.2, 0.25) is 0 Å². The van der Waals surface area contributed by atoms with Crippen molar-refractivity contribution in [1.82, 2.24) is 0 Å². The van der Waals surface area contributed by atoms with E-state index in [4.69, 9.17) is 29.4 Å². The molecule has 0 saturated carbocycles. The molecule has 0 bridgehead atoms. The number of carbonyl (C=O) groups is 2. The molecule has 0 aromatic carbocycles. The van der Waals surface area contributed by atoms with E-state index in [-0.39, 0.29) is 13.0 Å². The summed E-state index contributed by atoms with van der Waals surface area (Å²) in [5, 5.41) is 8.89. The van der Waals surface area contributed by atoms with Gasteiger partial charge in [-0.1, -0.05) is 173 Å². The van der Waals surface area contributed by atoms with Crippen LogP contribution >= 0.6 is 7.82 Å². The Hall–Kier alpha value is -1.55. The number of esters is 1. The van der Waals surface area contributed by atoms with Crippen LogP contribution in [0.3, 0.4) is 0 Å². The Kier molecular flexibility index (Phi) is 38.5. The summed E-state index contributed by atoms with van der Waals surface area (Å²) in [5.74, 6) is -1.79. The van der Waals surface area contributed by atoms with Gasteiger partial charge < -0.3 is 25.2 Å². The van der Waals surface area contributed by atoms with Gasteiger partial charge >= 0.3 is 19.8 Å². The molecule has 0 saturated heterocycles. The summed E-state index contributed by atoms with van der Waals surface area (Å²) in [6.07, 6.45) is 42.2. The van der Waals surface area contributed by atoms with E-state index < -0.39 is 45.1 Å². The first kappa shape index (κ1) is 52.5. The third-order valence-electron chi connectivity index (χ3n) is 9.48. The third-order valence-corrected chi connectivity index (χ3v) is 10.4. The highest BCUT2D eigenvalue weighted by molar-refractivity contribution is 7.47. The minimum atomic E-state index is -4.61. The molecule has 0 radical (unpaired) electrons. The van der Waals surface area contributed by atoms with Crippen LogP contribution < -0.4 is 5.73 Å². The summed E-state index contributed by atoms with van der Waals surface area (Å²) >= 11 is 0.